The average Bonchev–Trinajstić information content (AvgIpc) is 2.67. The highest BCUT2D eigenvalue weighted by Crippen LogP contribution is 2.32. The van der Waals surface area contributed by atoms with Gasteiger partial charge in [0.05, 0.1) is 21.7 Å². The van der Waals surface area contributed by atoms with Crippen LogP contribution in [0, 0.1) is 21.7 Å². The van der Waals surface area contributed by atoms with Crippen LogP contribution in [0.25, 0.3) is 0 Å². The number of hydrogen-bond donors (Lipinski definition) is 1. The Morgan fingerprint density at radius 1 is 0.583 bits per heavy atom. The first-order chi connectivity index (χ1) is 16.0. The highest BCUT2D eigenvalue weighted by molar-refractivity contribution is 5.78. The quantitative estimate of drug-likeness (QED) is 0.429. The summed E-state index contributed by atoms with van der Waals surface area (Å²) in [6, 6.07) is 0. The number of ether oxygens (including phenoxy) is 5. The van der Waals surface area contributed by atoms with Gasteiger partial charge in [0.2, 0.25) is 0 Å². The van der Waals surface area contributed by atoms with Crippen LogP contribution >= 0.6 is 0 Å². The minimum atomic E-state index is -1.31. The van der Waals surface area contributed by atoms with Crippen LogP contribution in [-0.2, 0) is 42.9 Å². The molecule has 36 heavy (non-hydrogen) atoms. The fourth-order valence-electron chi connectivity index (χ4n) is 2.76. The Labute approximate surface area is 214 Å². The predicted octanol–water partition coefficient (Wildman–Crippen LogP) is 3.13. The molecule has 0 aromatic heterocycles. The molecule has 10 heteroatoms. The second kappa shape index (κ2) is 11.0. The van der Waals surface area contributed by atoms with E-state index in [-0.39, 0.29) is 6.61 Å². The Bertz CT molecular complexity index is 824. The topological polar surface area (TPSA) is 140 Å². The van der Waals surface area contributed by atoms with Crippen LogP contribution in [-0.4, -0.2) is 61.1 Å². The van der Waals surface area contributed by atoms with Crippen LogP contribution in [0.2, 0.25) is 0 Å². The van der Waals surface area contributed by atoms with E-state index in [0.29, 0.717) is 0 Å². The van der Waals surface area contributed by atoms with Crippen molar-refractivity contribution in [3.8, 4) is 0 Å². The molecule has 0 aliphatic carbocycles. The summed E-state index contributed by atoms with van der Waals surface area (Å²) >= 11 is 0. The first kappa shape index (κ1) is 31.8. The van der Waals surface area contributed by atoms with Gasteiger partial charge in [-0.1, -0.05) is 0 Å². The van der Waals surface area contributed by atoms with Crippen molar-refractivity contribution in [2.24, 2.45) is 27.4 Å². The van der Waals surface area contributed by atoms with Crippen molar-refractivity contribution in [1.82, 2.24) is 0 Å². The zero-order valence-electron chi connectivity index (χ0n) is 23.8. The second-order valence-corrected chi connectivity index (χ2v) is 13.3. The normalized spacial score (nSPS) is 25.5. The van der Waals surface area contributed by atoms with E-state index >= 15 is 0 Å². The van der Waals surface area contributed by atoms with Crippen molar-refractivity contribution in [2.75, 3.05) is 6.61 Å². The summed E-state index contributed by atoms with van der Waals surface area (Å²) in [5, 5.41) is 0. The monoisotopic (exact) mass is 515 g/mol. The highest BCUT2D eigenvalue weighted by Gasteiger charge is 2.53. The lowest BCUT2D eigenvalue weighted by Crippen LogP contribution is -2.65. The van der Waals surface area contributed by atoms with Gasteiger partial charge in [0.1, 0.15) is 18.9 Å². The van der Waals surface area contributed by atoms with Crippen molar-refractivity contribution in [1.29, 1.82) is 0 Å². The van der Waals surface area contributed by atoms with Crippen LogP contribution in [0.4, 0.5) is 0 Å². The zero-order chi connectivity index (χ0) is 28.4. The molecular weight excluding hydrogens is 470 g/mol. The summed E-state index contributed by atoms with van der Waals surface area (Å²) < 4.78 is 28.5. The van der Waals surface area contributed by atoms with E-state index in [1.165, 1.54) is 0 Å². The number of carbonyl (C=O) groups is 4. The molecule has 1 rings (SSSR count). The lowest BCUT2D eigenvalue weighted by atomic mass is 9.92. The molecule has 208 valence electrons. The van der Waals surface area contributed by atoms with Gasteiger partial charge in [-0.15, -0.1) is 0 Å². The van der Waals surface area contributed by atoms with Crippen molar-refractivity contribution in [3.63, 3.8) is 0 Å². The molecule has 0 saturated carbocycles. The first-order valence-electron chi connectivity index (χ1n) is 12.2. The first-order valence-corrected chi connectivity index (χ1v) is 12.2. The lowest BCUT2D eigenvalue weighted by Gasteiger charge is -2.45. The largest absolute Gasteiger partial charge is 0.462 e. The van der Waals surface area contributed by atoms with Gasteiger partial charge in [-0.3, -0.25) is 19.2 Å². The molecule has 1 aliphatic heterocycles. The fourth-order valence-corrected chi connectivity index (χ4v) is 2.76. The standard InChI is InChI=1S/C26H45NO9/c1-23(2,3)19(28)32-13-14-15(34-20(29)24(4,5)6)16(35-21(30)25(7,8)9)17(18(27)33-14)36-22(31)26(10,11)12/h14-18H,13,27H2,1-12H3/t14?,15-,16?,17?,18-/m1/s1. The van der Waals surface area contributed by atoms with Gasteiger partial charge < -0.3 is 29.4 Å². The summed E-state index contributed by atoms with van der Waals surface area (Å²) in [5.74, 6) is -2.36. The summed E-state index contributed by atoms with van der Waals surface area (Å²) in [6.45, 7) is 19.7. The lowest BCUT2D eigenvalue weighted by molar-refractivity contribution is -0.259. The summed E-state index contributed by atoms with van der Waals surface area (Å²) in [5.41, 5.74) is 2.71. The molecule has 1 heterocycles. The number of hydrogen-bond acceptors (Lipinski definition) is 10. The van der Waals surface area contributed by atoms with Gasteiger partial charge in [-0.25, -0.2) is 0 Å². The van der Waals surface area contributed by atoms with E-state index in [2.05, 4.69) is 0 Å². The van der Waals surface area contributed by atoms with Gasteiger partial charge >= 0.3 is 23.9 Å². The van der Waals surface area contributed by atoms with Gasteiger partial charge in [-0.05, 0) is 83.1 Å². The minimum Gasteiger partial charge on any atom is -0.462 e. The van der Waals surface area contributed by atoms with Crippen LogP contribution in [0.15, 0.2) is 0 Å². The molecular formula is C26H45NO9. The number of nitrogens with two attached hydrogens (primary N) is 1. The predicted molar refractivity (Wildman–Crippen MR) is 131 cm³/mol. The maximum Gasteiger partial charge on any atom is 0.311 e. The van der Waals surface area contributed by atoms with Crippen LogP contribution in [0.1, 0.15) is 83.1 Å². The minimum absolute atomic E-state index is 0.324. The molecule has 0 aromatic rings. The third kappa shape index (κ3) is 8.73. The SMILES string of the molecule is CC(C)(C)C(=O)OCC1O[C@@H](N)C(OC(=O)C(C)(C)C)C(OC(=O)C(C)(C)C)[C@@H]1OC(=O)C(C)(C)C. The molecule has 0 radical (unpaired) electrons. The maximum absolute atomic E-state index is 12.9. The molecule has 0 spiro atoms. The van der Waals surface area contributed by atoms with E-state index in [1.54, 1.807) is 83.1 Å². The third-order valence-electron chi connectivity index (χ3n) is 5.23. The summed E-state index contributed by atoms with van der Waals surface area (Å²) in [7, 11) is 0. The molecule has 2 N–H and O–H groups in total. The van der Waals surface area contributed by atoms with E-state index in [0.717, 1.165) is 0 Å². The molecule has 5 atom stereocenters. The second-order valence-electron chi connectivity index (χ2n) is 13.3. The van der Waals surface area contributed by atoms with Crippen LogP contribution < -0.4 is 5.73 Å². The molecule has 3 unspecified atom stereocenters. The van der Waals surface area contributed by atoms with Crippen LogP contribution in [0.3, 0.4) is 0 Å². The fraction of sp³-hybridized carbons (Fsp3) is 0.846. The molecule has 1 saturated heterocycles. The Balaban J connectivity index is 3.50. The molecule has 10 nitrogen and oxygen atoms in total. The molecule has 1 fully saturated rings. The number of rotatable bonds is 5. The van der Waals surface area contributed by atoms with E-state index in [1.807, 2.05) is 0 Å². The van der Waals surface area contributed by atoms with E-state index in [9.17, 15) is 19.2 Å². The molecule has 1 aliphatic rings. The van der Waals surface area contributed by atoms with Gasteiger partial charge in [0.15, 0.2) is 18.3 Å². The van der Waals surface area contributed by atoms with Crippen molar-refractivity contribution >= 4 is 23.9 Å². The Morgan fingerprint density at radius 3 is 1.28 bits per heavy atom. The van der Waals surface area contributed by atoms with Crippen LogP contribution in [0.5, 0.6) is 0 Å². The van der Waals surface area contributed by atoms with Gasteiger partial charge in [0.25, 0.3) is 0 Å². The average molecular weight is 516 g/mol. The summed E-state index contributed by atoms with van der Waals surface area (Å²) in [6.07, 6.45) is -6.20. The van der Waals surface area contributed by atoms with Gasteiger partial charge in [-0.2, -0.15) is 0 Å². The van der Waals surface area contributed by atoms with E-state index in [4.69, 9.17) is 29.4 Å². The van der Waals surface area contributed by atoms with E-state index < -0.39 is 76.2 Å². The third-order valence-corrected chi connectivity index (χ3v) is 5.23. The maximum atomic E-state index is 12.9. The highest BCUT2D eigenvalue weighted by atomic mass is 16.7. The number of esters is 4. The van der Waals surface area contributed by atoms with Crippen molar-refractivity contribution in [2.45, 2.75) is 114 Å². The Morgan fingerprint density at radius 2 is 0.917 bits per heavy atom. The zero-order valence-corrected chi connectivity index (χ0v) is 23.8. The van der Waals surface area contributed by atoms with Crippen molar-refractivity contribution < 1.29 is 42.9 Å². The molecule has 0 bridgehead atoms. The molecule has 0 amide bonds. The summed E-state index contributed by atoms with van der Waals surface area (Å²) in [4.78, 5) is 51.0. The smallest absolute Gasteiger partial charge is 0.311 e. The Hall–Kier alpha value is -2.20. The van der Waals surface area contributed by atoms with Crippen molar-refractivity contribution in [3.05, 3.63) is 0 Å². The Kier molecular flexibility index (Phi) is 9.77. The number of carbonyl (C=O) groups excluding carboxylic acids is 4. The molecule has 0 aromatic carbocycles. The van der Waals surface area contributed by atoms with Gasteiger partial charge in [0, 0.05) is 0 Å².